The lowest BCUT2D eigenvalue weighted by atomic mass is 10.1. The molecular formula is C20H28FN3O6S. The first-order valence-electron chi connectivity index (χ1n) is 9.87. The molecule has 0 saturated carbocycles. The minimum Gasteiger partial charge on any atom is -0.493 e. The Morgan fingerprint density at radius 1 is 1.23 bits per heavy atom. The maximum Gasteiger partial charge on any atom is 0.330 e. The van der Waals surface area contributed by atoms with Gasteiger partial charge in [-0.25, -0.2) is 17.9 Å². The minimum absolute atomic E-state index is 0.0288. The lowest BCUT2D eigenvalue weighted by Gasteiger charge is -2.16. The predicted octanol–water partition coefficient (Wildman–Crippen LogP) is 1.76. The molecule has 0 bridgehead atoms. The SMILES string of the molecule is CC(C)COc1cccc([C@@H](C)NS(=O)(=O)CCCOCn2cc(F)c(=O)[nH]c2=O)c1. The van der Waals surface area contributed by atoms with Gasteiger partial charge in [-0.15, -0.1) is 0 Å². The van der Waals surface area contributed by atoms with Crippen LogP contribution in [0.15, 0.2) is 40.1 Å². The molecule has 31 heavy (non-hydrogen) atoms. The molecule has 0 aliphatic carbocycles. The predicted molar refractivity (Wildman–Crippen MR) is 114 cm³/mol. The molecule has 2 rings (SSSR count). The molecule has 1 atom stereocenters. The van der Waals surface area contributed by atoms with Gasteiger partial charge in [0.15, 0.2) is 0 Å². The molecule has 1 heterocycles. The van der Waals surface area contributed by atoms with Gasteiger partial charge in [0.2, 0.25) is 15.8 Å². The second-order valence-electron chi connectivity index (χ2n) is 7.53. The van der Waals surface area contributed by atoms with Crippen molar-refractivity contribution in [3.63, 3.8) is 0 Å². The number of aromatic amines is 1. The van der Waals surface area contributed by atoms with E-state index in [0.29, 0.717) is 18.3 Å². The normalized spacial score (nSPS) is 12.8. The van der Waals surface area contributed by atoms with Crippen molar-refractivity contribution in [2.24, 2.45) is 5.92 Å². The van der Waals surface area contributed by atoms with E-state index < -0.39 is 33.1 Å². The third-order valence-electron chi connectivity index (χ3n) is 4.20. The molecule has 2 N–H and O–H groups in total. The van der Waals surface area contributed by atoms with Gasteiger partial charge in [-0.3, -0.25) is 14.3 Å². The summed E-state index contributed by atoms with van der Waals surface area (Å²) < 4.78 is 52.2. The maximum atomic E-state index is 13.2. The number of nitrogens with zero attached hydrogens (tertiary/aromatic N) is 1. The fourth-order valence-corrected chi connectivity index (χ4v) is 3.92. The van der Waals surface area contributed by atoms with Gasteiger partial charge < -0.3 is 9.47 Å². The number of benzene rings is 1. The van der Waals surface area contributed by atoms with Crippen LogP contribution in [0.5, 0.6) is 5.75 Å². The molecule has 2 aromatic rings. The molecule has 0 aliphatic heterocycles. The summed E-state index contributed by atoms with van der Waals surface area (Å²) in [6.07, 6.45) is 0.903. The van der Waals surface area contributed by atoms with Gasteiger partial charge in [-0.2, -0.15) is 4.39 Å². The Balaban J connectivity index is 1.81. The monoisotopic (exact) mass is 457 g/mol. The summed E-state index contributed by atoms with van der Waals surface area (Å²) >= 11 is 0. The molecule has 11 heteroatoms. The number of aromatic nitrogens is 2. The Morgan fingerprint density at radius 2 is 1.97 bits per heavy atom. The van der Waals surface area contributed by atoms with Crippen molar-refractivity contribution in [3.05, 3.63) is 62.7 Å². The molecule has 0 unspecified atom stereocenters. The summed E-state index contributed by atoms with van der Waals surface area (Å²) in [7, 11) is -3.58. The Kier molecular flexibility index (Phi) is 8.96. The topological polar surface area (TPSA) is 119 Å². The highest BCUT2D eigenvalue weighted by Gasteiger charge is 2.16. The van der Waals surface area contributed by atoms with Gasteiger partial charge in [0.25, 0.3) is 5.56 Å². The highest BCUT2D eigenvalue weighted by Crippen LogP contribution is 2.20. The molecule has 0 spiro atoms. The first kappa shape index (κ1) is 24.8. The largest absolute Gasteiger partial charge is 0.493 e. The van der Waals surface area contributed by atoms with E-state index in [1.54, 1.807) is 13.0 Å². The van der Waals surface area contributed by atoms with Gasteiger partial charge in [-0.05, 0) is 37.0 Å². The minimum atomic E-state index is -3.58. The van der Waals surface area contributed by atoms with Crippen molar-refractivity contribution in [2.45, 2.75) is 40.0 Å². The van der Waals surface area contributed by atoms with Crippen LogP contribution in [0.3, 0.4) is 0 Å². The molecule has 0 aliphatic rings. The quantitative estimate of drug-likeness (QED) is 0.469. The summed E-state index contributed by atoms with van der Waals surface area (Å²) in [5.41, 5.74) is -1.14. The van der Waals surface area contributed by atoms with Crippen LogP contribution in [-0.2, 0) is 21.5 Å². The lowest BCUT2D eigenvalue weighted by molar-refractivity contribution is 0.0736. The summed E-state index contributed by atoms with van der Waals surface area (Å²) in [6.45, 7) is 6.12. The zero-order valence-corrected chi connectivity index (χ0v) is 18.6. The number of rotatable bonds is 12. The second kappa shape index (κ2) is 11.2. The molecule has 0 amide bonds. The highest BCUT2D eigenvalue weighted by atomic mass is 32.2. The van der Waals surface area contributed by atoms with Gasteiger partial charge >= 0.3 is 5.69 Å². The third kappa shape index (κ3) is 8.27. The van der Waals surface area contributed by atoms with Crippen LogP contribution < -0.4 is 20.7 Å². The molecule has 1 aromatic heterocycles. The fraction of sp³-hybridized carbons (Fsp3) is 0.500. The number of halogens is 1. The van der Waals surface area contributed by atoms with Gasteiger partial charge in [0.1, 0.15) is 12.5 Å². The summed E-state index contributed by atoms with van der Waals surface area (Å²) in [5.74, 6) is -0.235. The molecule has 0 fully saturated rings. The Morgan fingerprint density at radius 3 is 2.68 bits per heavy atom. The van der Waals surface area contributed by atoms with Crippen molar-refractivity contribution >= 4 is 10.0 Å². The van der Waals surface area contributed by atoms with Gasteiger partial charge in [0, 0.05) is 12.6 Å². The molecular weight excluding hydrogens is 429 g/mol. The van der Waals surface area contributed by atoms with E-state index in [-0.39, 0.29) is 25.5 Å². The molecule has 1 aromatic carbocycles. The summed E-state index contributed by atoms with van der Waals surface area (Å²) in [5, 5.41) is 0. The van der Waals surface area contributed by atoms with Crippen LogP contribution in [0.4, 0.5) is 4.39 Å². The maximum absolute atomic E-state index is 13.2. The number of nitrogens with one attached hydrogen (secondary N) is 2. The number of sulfonamides is 1. The first-order chi connectivity index (χ1) is 14.6. The Hall–Kier alpha value is -2.50. The second-order valence-corrected chi connectivity index (χ2v) is 9.41. The number of ether oxygens (including phenoxy) is 2. The summed E-state index contributed by atoms with van der Waals surface area (Å²) in [4.78, 5) is 24.3. The van der Waals surface area contributed by atoms with Crippen molar-refractivity contribution in [3.8, 4) is 5.75 Å². The Bertz CT molecular complexity index is 1080. The molecule has 9 nitrogen and oxygen atoms in total. The smallest absolute Gasteiger partial charge is 0.330 e. The van der Waals surface area contributed by atoms with E-state index in [2.05, 4.69) is 4.72 Å². The molecule has 0 saturated heterocycles. The standard InChI is InChI=1S/C20H28FN3O6S/c1-14(2)12-30-17-7-4-6-16(10-17)15(3)23-31(27,28)9-5-8-29-13-24-11-18(21)19(25)22-20(24)26/h4,6-7,10-11,14-15,23H,5,8-9,12-13H2,1-3H3,(H,22,25,26)/t15-/m1/s1. The van der Waals surface area contributed by atoms with Gasteiger partial charge in [0.05, 0.1) is 18.6 Å². The van der Waals surface area contributed by atoms with Crippen molar-refractivity contribution in [1.82, 2.24) is 14.3 Å². The van der Waals surface area contributed by atoms with Crippen molar-refractivity contribution < 1.29 is 22.3 Å². The van der Waals surface area contributed by atoms with Crippen molar-refractivity contribution in [2.75, 3.05) is 19.0 Å². The average Bonchev–Trinajstić information content (AvgIpc) is 2.69. The molecule has 172 valence electrons. The van der Waals surface area contributed by atoms with E-state index in [0.717, 1.165) is 16.3 Å². The van der Waals surface area contributed by atoms with Crippen LogP contribution in [0.2, 0.25) is 0 Å². The zero-order valence-electron chi connectivity index (χ0n) is 17.8. The fourth-order valence-electron chi connectivity index (χ4n) is 2.63. The van der Waals surface area contributed by atoms with E-state index >= 15 is 0 Å². The number of hydrogen-bond acceptors (Lipinski definition) is 6. The summed E-state index contributed by atoms with van der Waals surface area (Å²) in [6, 6.07) is 6.81. The molecule has 0 radical (unpaired) electrons. The zero-order chi connectivity index (χ0) is 23.0. The highest BCUT2D eigenvalue weighted by molar-refractivity contribution is 7.89. The van der Waals surface area contributed by atoms with E-state index in [1.807, 2.05) is 37.0 Å². The van der Waals surface area contributed by atoms with E-state index in [1.165, 1.54) is 0 Å². The third-order valence-corrected chi connectivity index (χ3v) is 5.74. The number of H-pyrrole nitrogens is 1. The van der Waals surface area contributed by atoms with Crippen LogP contribution >= 0.6 is 0 Å². The average molecular weight is 458 g/mol. The van der Waals surface area contributed by atoms with Crippen LogP contribution in [0.25, 0.3) is 0 Å². The van der Waals surface area contributed by atoms with Crippen LogP contribution in [0.1, 0.15) is 38.8 Å². The van der Waals surface area contributed by atoms with Gasteiger partial charge in [-0.1, -0.05) is 26.0 Å². The lowest BCUT2D eigenvalue weighted by Crippen LogP contribution is -2.32. The van der Waals surface area contributed by atoms with Crippen LogP contribution in [-0.4, -0.2) is 36.9 Å². The van der Waals surface area contributed by atoms with E-state index in [4.69, 9.17) is 9.47 Å². The van der Waals surface area contributed by atoms with E-state index in [9.17, 15) is 22.4 Å². The van der Waals surface area contributed by atoms with Crippen LogP contribution in [0, 0.1) is 11.7 Å². The Labute approximate surface area is 180 Å². The first-order valence-corrected chi connectivity index (χ1v) is 11.5. The number of hydrogen-bond donors (Lipinski definition) is 2. The van der Waals surface area contributed by atoms with Crippen molar-refractivity contribution in [1.29, 1.82) is 0 Å².